The fraction of sp³-hybridized carbons (Fsp3) is 0.130. The van der Waals surface area contributed by atoms with Crippen LogP contribution in [0.3, 0.4) is 0 Å². The zero-order chi connectivity index (χ0) is 17.9. The standard InChI is InChI=1S/C23H20O2S/c1-16-7-11-19(12-8-16)26-20-13-9-18(10-14-20)21-5-3-4-6-22(21)23-24-15-17(2)25-23/h3-14,23H,2,15H2,1H3. The third-order valence-corrected chi connectivity index (χ3v) is 5.32. The Labute approximate surface area is 158 Å². The van der Waals surface area contributed by atoms with Crippen molar-refractivity contribution in [1.29, 1.82) is 0 Å². The van der Waals surface area contributed by atoms with Gasteiger partial charge in [-0.25, -0.2) is 0 Å². The van der Waals surface area contributed by atoms with Gasteiger partial charge in [-0.15, -0.1) is 0 Å². The van der Waals surface area contributed by atoms with Gasteiger partial charge in [-0.1, -0.05) is 72.4 Å². The van der Waals surface area contributed by atoms with E-state index in [4.69, 9.17) is 9.47 Å². The van der Waals surface area contributed by atoms with E-state index < -0.39 is 0 Å². The van der Waals surface area contributed by atoms with Crippen molar-refractivity contribution < 1.29 is 9.47 Å². The molecule has 1 atom stereocenters. The first kappa shape index (κ1) is 17.0. The number of ether oxygens (including phenoxy) is 2. The summed E-state index contributed by atoms with van der Waals surface area (Å²) in [4.78, 5) is 2.46. The predicted molar refractivity (Wildman–Crippen MR) is 106 cm³/mol. The monoisotopic (exact) mass is 360 g/mol. The fourth-order valence-electron chi connectivity index (χ4n) is 2.95. The molecule has 2 nitrogen and oxygen atoms in total. The minimum Gasteiger partial charge on any atom is -0.463 e. The lowest BCUT2D eigenvalue weighted by Gasteiger charge is -2.15. The van der Waals surface area contributed by atoms with Crippen molar-refractivity contribution >= 4 is 11.8 Å². The summed E-state index contributed by atoms with van der Waals surface area (Å²) in [5, 5.41) is 0. The molecule has 1 heterocycles. The van der Waals surface area contributed by atoms with Crippen LogP contribution in [0.4, 0.5) is 0 Å². The summed E-state index contributed by atoms with van der Waals surface area (Å²) in [7, 11) is 0. The third kappa shape index (κ3) is 3.69. The first-order chi connectivity index (χ1) is 12.7. The van der Waals surface area contributed by atoms with E-state index in [9.17, 15) is 0 Å². The number of hydrogen-bond donors (Lipinski definition) is 0. The van der Waals surface area contributed by atoms with Crippen LogP contribution in [0, 0.1) is 6.92 Å². The Balaban J connectivity index is 1.57. The Kier molecular flexibility index (Phi) is 4.83. The topological polar surface area (TPSA) is 18.5 Å². The van der Waals surface area contributed by atoms with E-state index >= 15 is 0 Å². The van der Waals surface area contributed by atoms with Crippen LogP contribution in [0.25, 0.3) is 11.1 Å². The van der Waals surface area contributed by atoms with Gasteiger partial charge in [-0.3, -0.25) is 0 Å². The second kappa shape index (κ2) is 7.40. The summed E-state index contributed by atoms with van der Waals surface area (Å²) < 4.78 is 11.4. The van der Waals surface area contributed by atoms with Crippen molar-refractivity contribution in [1.82, 2.24) is 0 Å². The zero-order valence-electron chi connectivity index (χ0n) is 14.6. The van der Waals surface area contributed by atoms with Gasteiger partial charge in [-0.05, 0) is 42.3 Å². The second-order valence-corrected chi connectivity index (χ2v) is 7.47. The van der Waals surface area contributed by atoms with Gasteiger partial charge in [0.2, 0.25) is 6.29 Å². The van der Waals surface area contributed by atoms with E-state index in [-0.39, 0.29) is 6.29 Å². The summed E-state index contributed by atoms with van der Waals surface area (Å²) in [6.45, 7) is 6.39. The molecule has 1 saturated heterocycles. The highest BCUT2D eigenvalue weighted by Crippen LogP contribution is 2.36. The van der Waals surface area contributed by atoms with Crippen LogP contribution in [-0.2, 0) is 9.47 Å². The molecule has 1 unspecified atom stereocenters. The molecule has 0 spiro atoms. The van der Waals surface area contributed by atoms with Gasteiger partial charge >= 0.3 is 0 Å². The molecule has 0 radical (unpaired) electrons. The molecule has 130 valence electrons. The smallest absolute Gasteiger partial charge is 0.227 e. The van der Waals surface area contributed by atoms with Crippen LogP contribution in [0.2, 0.25) is 0 Å². The SMILES string of the molecule is C=C1COC(c2ccccc2-c2ccc(Sc3ccc(C)cc3)cc2)O1. The van der Waals surface area contributed by atoms with Crippen molar-refractivity contribution in [3.63, 3.8) is 0 Å². The molecule has 0 aromatic heterocycles. The summed E-state index contributed by atoms with van der Waals surface area (Å²) in [5.41, 5.74) is 4.59. The first-order valence-corrected chi connectivity index (χ1v) is 9.40. The first-order valence-electron chi connectivity index (χ1n) is 8.59. The third-order valence-electron chi connectivity index (χ3n) is 4.31. The summed E-state index contributed by atoms with van der Waals surface area (Å²) in [5.74, 6) is 0.676. The molecule has 1 fully saturated rings. The van der Waals surface area contributed by atoms with Crippen LogP contribution >= 0.6 is 11.8 Å². The Morgan fingerprint density at radius 1 is 0.885 bits per heavy atom. The second-order valence-electron chi connectivity index (χ2n) is 6.33. The molecular weight excluding hydrogens is 340 g/mol. The van der Waals surface area contributed by atoms with E-state index in [0.29, 0.717) is 12.4 Å². The van der Waals surface area contributed by atoms with Gasteiger partial charge in [0.1, 0.15) is 12.4 Å². The summed E-state index contributed by atoms with van der Waals surface area (Å²) in [6.07, 6.45) is -0.375. The van der Waals surface area contributed by atoms with Gasteiger partial charge in [0.05, 0.1) is 0 Å². The van der Waals surface area contributed by atoms with Gasteiger partial charge < -0.3 is 9.47 Å². The van der Waals surface area contributed by atoms with E-state index in [1.807, 2.05) is 18.2 Å². The molecule has 0 saturated carbocycles. The highest BCUT2D eigenvalue weighted by Gasteiger charge is 2.24. The number of benzene rings is 3. The van der Waals surface area contributed by atoms with Crippen LogP contribution in [0.15, 0.2) is 94.9 Å². The largest absolute Gasteiger partial charge is 0.463 e. The lowest BCUT2D eigenvalue weighted by atomic mass is 9.99. The fourth-order valence-corrected chi connectivity index (χ4v) is 3.77. The molecule has 26 heavy (non-hydrogen) atoms. The number of hydrogen-bond acceptors (Lipinski definition) is 3. The maximum Gasteiger partial charge on any atom is 0.227 e. The maximum absolute atomic E-state index is 5.70. The molecule has 4 rings (SSSR count). The summed E-state index contributed by atoms with van der Waals surface area (Å²) >= 11 is 1.77. The predicted octanol–water partition coefficient (Wildman–Crippen LogP) is 6.37. The molecule has 0 N–H and O–H groups in total. The van der Waals surface area contributed by atoms with Crippen LogP contribution in [0.1, 0.15) is 17.4 Å². The lowest BCUT2D eigenvalue weighted by molar-refractivity contribution is -0.0335. The Hall–Kier alpha value is -2.49. The lowest BCUT2D eigenvalue weighted by Crippen LogP contribution is -2.00. The highest BCUT2D eigenvalue weighted by molar-refractivity contribution is 7.99. The zero-order valence-corrected chi connectivity index (χ0v) is 15.5. The molecule has 3 heteroatoms. The number of rotatable bonds is 4. The van der Waals surface area contributed by atoms with Gasteiger partial charge in [0.25, 0.3) is 0 Å². The van der Waals surface area contributed by atoms with Crippen LogP contribution < -0.4 is 0 Å². The molecule has 3 aromatic rings. The minimum atomic E-state index is -0.375. The average molecular weight is 360 g/mol. The quantitative estimate of drug-likeness (QED) is 0.538. The van der Waals surface area contributed by atoms with E-state index in [1.54, 1.807) is 11.8 Å². The molecule has 1 aliphatic rings. The Bertz CT molecular complexity index is 914. The maximum atomic E-state index is 5.70. The van der Waals surface area contributed by atoms with Crippen LogP contribution in [-0.4, -0.2) is 6.61 Å². The van der Waals surface area contributed by atoms with Crippen molar-refractivity contribution in [3.05, 3.63) is 96.3 Å². The van der Waals surface area contributed by atoms with Gasteiger partial charge in [0, 0.05) is 15.4 Å². The molecule has 0 aliphatic carbocycles. The van der Waals surface area contributed by atoms with Crippen molar-refractivity contribution in [2.75, 3.05) is 6.61 Å². The molecular formula is C23H20O2S. The minimum absolute atomic E-state index is 0.375. The van der Waals surface area contributed by atoms with E-state index in [2.05, 4.69) is 68.1 Å². The molecule has 0 bridgehead atoms. The van der Waals surface area contributed by atoms with E-state index in [0.717, 1.165) is 16.7 Å². The normalized spacial score (nSPS) is 16.5. The van der Waals surface area contributed by atoms with Crippen molar-refractivity contribution in [3.8, 4) is 11.1 Å². The van der Waals surface area contributed by atoms with Crippen molar-refractivity contribution in [2.45, 2.75) is 23.0 Å². The highest BCUT2D eigenvalue weighted by atomic mass is 32.2. The summed E-state index contributed by atoms with van der Waals surface area (Å²) in [6, 6.07) is 25.4. The van der Waals surface area contributed by atoms with E-state index in [1.165, 1.54) is 15.4 Å². The van der Waals surface area contributed by atoms with Gasteiger partial charge in [-0.2, -0.15) is 0 Å². The average Bonchev–Trinajstić information content (AvgIpc) is 3.11. The van der Waals surface area contributed by atoms with Crippen LogP contribution in [0.5, 0.6) is 0 Å². The molecule has 3 aromatic carbocycles. The number of aryl methyl sites for hydroxylation is 1. The van der Waals surface area contributed by atoms with Gasteiger partial charge in [0.15, 0.2) is 0 Å². The van der Waals surface area contributed by atoms with Crippen molar-refractivity contribution in [2.24, 2.45) is 0 Å². The molecule has 1 aliphatic heterocycles. The Morgan fingerprint density at radius 2 is 1.54 bits per heavy atom. The Morgan fingerprint density at radius 3 is 2.19 bits per heavy atom. The molecule has 0 amide bonds.